The molecular weight excluding hydrogens is 438 g/mol. The van der Waals surface area contributed by atoms with Gasteiger partial charge in [-0.05, 0) is 57.6 Å². The first-order valence-electron chi connectivity index (χ1n) is 10.7. The molecule has 0 spiro atoms. The van der Waals surface area contributed by atoms with Crippen LogP contribution in [0.5, 0.6) is 0 Å². The Hall–Kier alpha value is -2.95. The van der Waals surface area contributed by atoms with E-state index in [1.54, 1.807) is 17.5 Å². The summed E-state index contributed by atoms with van der Waals surface area (Å²) in [5, 5.41) is 16.4. The van der Waals surface area contributed by atoms with Crippen molar-refractivity contribution in [1.82, 2.24) is 4.98 Å². The van der Waals surface area contributed by atoms with Crippen LogP contribution in [0, 0.1) is 25.2 Å². The number of benzene rings is 1. The van der Waals surface area contributed by atoms with Crippen LogP contribution in [0.15, 0.2) is 29.8 Å². The van der Waals surface area contributed by atoms with Gasteiger partial charge in [0.15, 0.2) is 0 Å². The number of allylic oxidation sites excluding steroid dienone is 1. The zero-order valence-corrected chi connectivity index (χ0v) is 20.1. The molecule has 0 aliphatic heterocycles. The van der Waals surface area contributed by atoms with Crippen LogP contribution in [-0.2, 0) is 17.6 Å². The Kier molecular flexibility index (Phi) is 6.73. The van der Waals surface area contributed by atoms with Crippen LogP contribution in [-0.4, -0.2) is 17.6 Å². The molecule has 1 aliphatic rings. The average Bonchev–Trinajstić information content (AvgIpc) is 3.39. The van der Waals surface area contributed by atoms with E-state index in [1.165, 1.54) is 21.8 Å². The summed E-state index contributed by atoms with van der Waals surface area (Å²) in [7, 11) is 0. The lowest BCUT2D eigenvalue weighted by atomic mass is 9.95. The van der Waals surface area contributed by atoms with E-state index >= 15 is 0 Å². The SMILES string of the molecule is CCOC(=O)c1c(NC=C(C#N)c2nc(-c3ccc(C)cc3C)cs2)sc2c1CCCC2. The van der Waals surface area contributed by atoms with Crippen molar-refractivity contribution < 1.29 is 9.53 Å². The van der Waals surface area contributed by atoms with Crippen molar-refractivity contribution in [3.63, 3.8) is 0 Å². The second-order valence-corrected chi connectivity index (χ2v) is 9.77. The number of carbonyl (C=O) groups is 1. The van der Waals surface area contributed by atoms with Crippen LogP contribution in [0.1, 0.15) is 56.7 Å². The molecule has 0 unspecified atom stereocenters. The molecule has 0 saturated carbocycles. The molecule has 0 radical (unpaired) electrons. The first kappa shape index (κ1) is 22.3. The maximum atomic E-state index is 12.6. The van der Waals surface area contributed by atoms with E-state index in [-0.39, 0.29) is 5.97 Å². The molecule has 7 heteroatoms. The normalized spacial score (nSPS) is 13.4. The van der Waals surface area contributed by atoms with Gasteiger partial charge in [-0.1, -0.05) is 23.8 Å². The molecule has 0 fully saturated rings. The first-order valence-corrected chi connectivity index (χ1v) is 12.4. The van der Waals surface area contributed by atoms with Gasteiger partial charge >= 0.3 is 5.97 Å². The molecule has 3 aromatic rings. The van der Waals surface area contributed by atoms with E-state index in [4.69, 9.17) is 9.72 Å². The highest BCUT2D eigenvalue weighted by Gasteiger charge is 2.26. The Balaban J connectivity index is 1.63. The predicted molar refractivity (Wildman–Crippen MR) is 131 cm³/mol. The third-order valence-corrected chi connectivity index (χ3v) is 7.61. The molecule has 0 atom stereocenters. The second kappa shape index (κ2) is 9.68. The number of thiazole rings is 1. The summed E-state index contributed by atoms with van der Waals surface area (Å²) >= 11 is 3.03. The Bertz CT molecular complexity index is 1230. The highest BCUT2D eigenvalue weighted by atomic mass is 32.1. The van der Waals surface area contributed by atoms with Crippen molar-refractivity contribution in [2.45, 2.75) is 46.5 Å². The third kappa shape index (κ3) is 4.47. The van der Waals surface area contributed by atoms with E-state index in [1.807, 2.05) is 12.3 Å². The molecule has 164 valence electrons. The molecule has 0 amide bonds. The molecule has 2 heterocycles. The third-order valence-electron chi connectivity index (χ3n) is 5.51. The fourth-order valence-corrected chi connectivity index (χ4v) is 6.02. The quantitative estimate of drug-likeness (QED) is 0.333. The summed E-state index contributed by atoms with van der Waals surface area (Å²) in [4.78, 5) is 18.6. The molecule has 1 aliphatic carbocycles. The molecule has 0 saturated heterocycles. The van der Waals surface area contributed by atoms with Crippen molar-refractivity contribution in [3.8, 4) is 17.3 Å². The number of fused-ring (bicyclic) bond motifs is 1. The van der Waals surface area contributed by atoms with Crippen molar-refractivity contribution in [3.05, 3.63) is 61.9 Å². The Morgan fingerprint density at radius 2 is 2.12 bits per heavy atom. The number of nitriles is 1. The van der Waals surface area contributed by atoms with Crippen LogP contribution in [0.25, 0.3) is 16.8 Å². The van der Waals surface area contributed by atoms with Gasteiger partial charge in [0.25, 0.3) is 0 Å². The van der Waals surface area contributed by atoms with Crippen LogP contribution in [0.2, 0.25) is 0 Å². The van der Waals surface area contributed by atoms with Gasteiger partial charge in [-0.15, -0.1) is 22.7 Å². The van der Waals surface area contributed by atoms with Crippen LogP contribution in [0.3, 0.4) is 0 Å². The minimum atomic E-state index is -0.298. The van der Waals surface area contributed by atoms with Crippen molar-refractivity contribution in [2.75, 3.05) is 11.9 Å². The summed E-state index contributed by atoms with van der Waals surface area (Å²) in [5.74, 6) is -0.298. The summed E-state index contributed by atoms with van der Waals surface area (Å²) in [6.07, 6.45) is 5.74. The maximum absolute atomic E-state index is 12.6. The maximum Gasteiger partial charge on any atom is 0.341 e. The largest absolute Gasteiger partial charge is 0.462 e. The van der Waals surface area contributed by atoms with Gasteiger partial charge in [-0.3, -0.25) is 0 Å². The Morgan fingerprint density at radius 3 is 2.88 bits per heavy atom. The predicted octanol–water partition coefficient (Wildman–Crippen LogP) is 6.52. The molecular formula is C25H25N3O2S2. The summed E-state index contributed by atoms with van der Waals surface area (Å²) in [6.45, 7) is 6.29. The van der Waals surface area contributed by atoms with Crippen molar-refractivity contribution >= 4 is 39.2 Å². The van der Waals surface area contributed by atoms with E-state index < -0.39 is 0 Å². The standard InChI is InChI=1S/C25H25N3O2S2/c1-4-30-25(29)22-19-7-5-6-8-21(19)32-24(22)27-13-17(12-26)23-28-20(14-31-23)18-10-9-15(2)11-16(18)3/h9-11,13-14,27H,4-8H2,1-3H3. The summed E-state index contributed by atoms with van der Waals surface area (Å²) in [6, 6.07) is 8.52. The van der Waals surface area contributed by atoms with Crippen LogP contribution in [0.4, 0.5) is 5.00 Å². The Morgan fingerprint density at radius 1 is 1.31 bits per heavy atom. The average molecular weight is 464 g/mol. The number of nitrogens with one attached hydrogen (secondary N) is 1. The lowest BCUT2D eigenvalue weighted by molar-refractivity contribution is 0.0526. The lowest BCUT2D eigenvalue weighted by Crippen LogP contribution is -2.10. The highest BCUT2D eigenvalue weighted by molar-refractivity contribution is 7.16. The number of ether oxygens (including phenoxy) is 1. The van der Waals surface area contributed by atoms with Crippen LogP contribution >= 0.6 is 22.7 Å². The summed E-state index contributed by atoms with van der Waals surface area (Å²) in [5.41, 5.74) is 6.45. The number of hydrogen-bond acceptors (Lipinski definition) is 7. The van der Waals surface area contributed by atoms with E-state index in [9.17, 15) is 10.1 Å². The molecule has 32 heavy (non-hydrogen) atoms. The first-order chi connectivity index (χ1) is 15.5. The number of esters is 1. The van der Waals surface area contributed by atoms with Crippen molar-refractivity contribution in [1.29, 1.82) is 5.26 Å². The van der Waals surface area contributed by atoms with E-state index in [2.05, 4.69) is 43.4 Å². The molecule has 1 aromatic carbocycles. The zero-order chi connectivity index (χ0) is 22.7. The van der Waals surface area contributed by atoms with Gasteiger partial charge < -0.3 is 10.1 Å². The monoisotopic (exact) mass is 463 g/mol. The van der Waals surface area contributed by atoms with Crippen molar-refractivity contribution in [2.24, 2.45) is 0 Å². The fourth-order valence-electron chi connectivity index (χ4n) is 3.99. The smallest absolute Gasteiger partial charge is 0.341 e. The number of hydrogen-bond donors (Lipinski definition) is 1. The number of rotatable bonds is 6. The zero-order valence-electron chi connectivity index (χ0n) is 18.4. The Labute approximate surface area is 196 Å². The second-order valence-electron chi connectivity index (χ2n) is 7.81. The number of carbonyl (C=O) groups excluding carboxylic acids is 1. The van der Waals surface area contributed by atoms with Gasteiger partial charge in [0.05, 0.1) is 17.9 Å². The van der Waals surface area contributed by atoms with Gasteiger partial charge in [-0.2, -0.15) is 5.26 Å². The number of aromatic nitrogens is 1. The topological polar surface area (TPSA) is 75.0 Å². The summed E-state index contributed by atoms with van der Waals surface area (Å²) < 4.78 is 5.31. The molecule has 4 rings (SSSR count). The number of thiophene rings is 1. The molecule has 0 bridgehead atoms. The highest BCUT2D eigenvalue weighted by Crippen LogP contribution is 2.39. The number of anilines is 1. The lowest BCUT2D eigenvalue weighted by Gasteiger charge is -2.12. The van der Waals surface area contributed by atoms with Gasteiger partial charge in [0.1, 0.15) is 21.7 Å². The van der Waals surface area contributed by atoms with Crippen LogP contribution < -0.4 is 5.32 Å². The molecule has 5 nitrogen and oxygen atoms in total. The fraction of sp³-hybridized carbons (Fsp3) is 0.320. The van der Waals surface area contributed by atoms with E-state index in [0.717, 1.165) is 53.1 Å². The van der Waals surface area contributed by atoms with Gasteiger partial charge in [0.2, 0.25) is 0 Å². The van der Waals surface area contributed by atoms with E-state index in [0.29, 0.717) is 22.8 Å². The number of aryl methyl sites for hydroxylation is 3. The minimum Gasteiger partial charge on any atom is -0.462 e. The minimum absolute atomic E-state index is 0.298. The van der Waals surface area contributed by atoms with Gasteiger partial charge in [0, 0.05) is 22.0 Å². The molecule has 2 aromatic heterocycles. The van der Waals surface area contributed by atoms with Gasteiger partial charge in [-0.25, -0.2) is 9.78 Å². The molecule has 1 N–H and O–H groups in total. The number of nitrogens with zero attached hydrogens (tertiary/aromatic N) is 2.